The van der Waals surface area contributed by atoms with Crippen LogP contribution >= 0.6 is 0 Å². The molecule has 2 aromatic rings. The van der Waals surface area contributed by atoms with E-state index in [1.807, 2.05) is 0 Å². The van der Waals surface area contributed by atoms with Gasteiger partial charge >= 0.3 is 5.97 Å². The second-order valence-electron chi connectivity index (χ2n) is 17.4. The molecule has 1 aliphatic carbocycles. The Morgan fingerprint density at radius 1 is 0.969 bits per heavy atom. The van der Waals surface area contributed by atoms with Crippen molar-refractivity contribution in [3.05, 3.63) is 28.3 Å². The fourth-order valence-corrected chi connectivity index (χ4v) is 10.1. The maximum absolute atomic E-state index is 14.0. The second-order valence-corrected chi connectivity index (χ2v) is 17.4. The first-order chi connectivity index (χ1) is 29.8. The van der Waals surface area contributed by atoms with Gasteiger partial charge in [0.15, 0.2) is 42.0 Å². The number of fused-ring (bicyclic) bond motifs is 5. The van der Waals surface area contributed by atoms with Crippen molar-refractivity contribution in [2.24, 2.45) is 0 Å². The van der Waals surface area contributed by atoms with E-state index in [9.17, 15) is 60.3 Å². The number of ether oxygens (including phenoxy) is 10. The minimum absolute atomic E-state index is 0.00583. The number of hydrogen-bond acceptors (Lipinski definition) is 22. The van der Waals surface area contributed by atoms with Crippen molar-refractivity contribution in [3.63, 3.8) is 0 Å². The Morgan fingerprint density at radius 3 is 2.17 bits per heavy atom. The van der Waals surface area contributed by atoms with E-state index in [1.165, 1.54) is 40.9 Å². The van der Waals surface area contributed by atoms with Crippen LogP contribution in [0.25, 0.3) is 10.8 Å². The molecule has 15 atom stereocenters. The Bertz CT molecular complexity index is 2180. The lowest BCUT2D eigenvalue weighted by Crippen LogP contribution is -2.75. The largest absolute Gasteiger partial charge is 0.506 e. The number of phenols is 1. The average molecular weight is 913 g/mol. The molecule has 3 fully saturated rings. The molecule has 22 heteroatoms. The van der Waals surface area contributed by atoms with Gasteiger partial charge in [0.2, 0.25) is 11.9 Å². The predicted octanol–water partition coefficient (Wildman–Crippen LogP) is -0.931. The molecule has 64 heavy (non-hydrogen) atoms. The average Bonchev–Trinajstić information content (AvgIpc) is 3.40. The summed E-state index contributed by atoms with van der Waals surface area (Å²) >= 11 is 0. The Hall–Kier alpha value is -3.69. The number of aromatic hydroxyl groups is 1. The van der Waals surface area contributed by atoms with Gasteiger partial charge in [0.25, 0.3) is 11.6 Å². The van der Waals surface area contributed by atoms with Crippen molar-refractivity contribution in [2.45, 2.75) is 157 Å². The van der Waals surface area contributed by atoms with Crippen molar-refractivity contribution in [1.29, 1.82) is 0 Å². The van der Waals surface area contributed by atoms with Gasteiger partial charge in [0.05, 0.1) is 49.1 Å². The van der Waals surface area contributed by atoms with Crippen molar-refractivity contribution < 1.29 is 108 Å². The number of phenolic OH excluding ortho intramolecular Hbond substituents is 1. The quantitative estimate of drug-likeness (QED) is 0.0971. The molecule has 3 saturated heterocycles. The number of benzene rings is 2. The number of carbonyl (C=O) groups excluding carboxylic acids is 3. The lowest BCUT2D eigenvalue weighted by atomic mass is 9.77. The smallest absolute Gasteiger partial charge is 0.303 e. The molecule has 0 spiro atoms. The molecule has 2 aromatic carbocycles. The van der Waals surface area contributed by atoms with Crippen molar-refractivity contribution in [3.8, 4) is 17.2 Å². The van der Waals surface area contributed by atoms with Gasteiger partial charge in [-0.05, 0) is 46.2 Å². The molecule has 4 aliphatic heterocycles. The van der Waals surface area contributed by atoms with Gasteiger partial charge in [-0.1, -0.05) is 0 Å². The van der Waals surface area contributed by atoms with Gasteiger partial charge in [0.1, 0.15) is 35.1 Å². The van der Waals surface area contributed by atoms with Gasteiger partial charge in [0, 0.05) is 56.9 Å². The van der Waals surface area contributed by atoms with E-state index in [0.29, 0.717) is 0 Å². The number of methoxy groups -OCH3 is 3. The molecule has 0 saturated carbocycles. The molecule has 0 radical (unpaired) electrons. The summed E-state index contributed by atoms with van der Waals surface area (Å²) in [4.78, 5) is 38.4. The van der Waals surface area contributed by atoms with E-state index in [1.54, 1.807) is 6.92 Å². The van der Waals surface area contributed by atoms with Crippen LogP contribution in [0.15, 0.2) is 6.07 Å². The summed E-state index contributed by atoms with van der Waals surface area (Å²) in [7, 11) is 3.38. The summed E-state index contributed by atoms with van der Waals surface area (Å²) in [5.41, 5.74) is -7.87. The monoisotopic (exact) mass is 912 g/mol. The van der Waals surface area contributed by atoms with E-state index < -0.39 is 144 Å². The molecule has 0 bridgehead atoms. The van der Waals surface area contributed by atoms with E-state index >= 15 is 0 Å². The van der Waals surface area contributed by atoms with Gasteiger partial charge in [-0.15, -0.1) is 0 Å². The van der Waals surface area contributed by atoms with Crippen LogP contribution in [0, 0.1) is 6.92 Å². The zero-order valence-electron chi connectivity index (χ0n) is 36.6. The molecular weight excluding hydrogens is 856 g/mol. The van der Waals surface area contributed by atoms with Crippen molar-refractivity contribution in [2.75, 3.05) is 27.9 Å². The van der Waals surface area contributed by atoms with E-state index in [2.05, 4.69) is 0 Å². The number of aliphatic hydroxyl groups is 8. The standard InChI is InChI=1S/C42H56O22/c1-15-10-20-27(31(49)29-28(33(20)55-7)22(11-21(46)30(29)48)61-25-13-38(6,51)35(16(2)58-25)60-19(5)45)34-26(15)32(50)36-42(63-34,39(52,14-43)41(54,64-36)37(56-8)57-9)62-24-12-23(47)40(53,17(3)44)18(4)59-24/h10,16,18,21-25,32,35-37,43,46-47,49-54H,11-14H2,1-9H3/t16?,18?,21-,22-,23?,24-,25-,32-,35+,36-,38?,39+,40+,41-,42+/m0/s1. The van der Waals surface area contributed by atoms with Crippen LogP contribution in [0.4, 0.5) is 0 Å². The maximum Gasteiger partial charge on any atom is 0.303 e. The number of esters is 1. The molecule has 22 nitrogen and oxygen atoms in total. The SMILES string of the molecule is COc1c2c(c(O)c3c4c(c(C)cc13)[C@H](O)[C@@H]1O[C@@](O)(C(OC)OC)[C@](O)(CO)[C@]1(O[C@H]1CC(O)[C@@](O)(C(C)=O)C(C)O1)O4)C(=O)[C@@H](O)C[C@@H]2O[C@H]1CC(C)(O)[C@H](OC(C)=O)C(C)O1. The van der Waals surface area contributed by atoms with Gasteiger partial charge in [-0.2, -0.15) is 0 Å². The molecule has 0 aromatic heterocycles. The Morgan fingerprint density at radius 2 is 1.62 bits per heavy atom. The second kappa shape index (κ2) is 16.6. The molecule has 5 aliphatic rings. The number of carbonyl (C=O) groups is 3. The molecular formula is C42H56O22. The lowest BCUT2D eigenvalue weighted by molar-refractivity contribution is -0.401. The summed E-state index contributed by atoms with van der Waals surface area (Å²) in [6, 6.07) is 1.46. The summed E-state index contributed by atoms with van der Waals surface area (Å²) in [6.07, 6.45) is -18.7. The third kappa shape index (κ3) is 6.84. The zero-order valence-corrected chi connectivity index (χ0v) is 36.6. The fraction of sp³-hybridized carbons (Fsp3) is 0.690. The predicted molar refractivity (Wildman–Crippen MR) is 210 cm³/mol. The minimum atomic E-state index is -3.27. The highest BCUT2D eigenvalue weighted by Crippen LogP contribution is 2.62. The van der Waals surface area contributed by atoms with Gasteiger partial charge in [-0.3, -0.25) is 14.4 Å². The molecule has 4 unspecified atom stereocenters. The normalized spacial score (nSPS) is 40.7. The van der Waals surface area contributed by atoms with Crippen LogP contribution < -0.4 is 9.47 Å². The number of Topliss-reactive ketones (excluding diaryl/α,β-unsaturated/α-hetero) is 2. The van der Waals surface area contributed by atoms with Crippen molar-refractivity contribution >= 4 is 28.3 Å². The first-order valence-electron chi connectivity index (χ1n) is 20.6. The summed E-state index contributed by atoms with van der Waals surface area (Å²) in [6.45, 7) is 6.47. The number of aryl methyl sites for hydroxylation is 1. The molecule has 7 rings (SSSR count). The number of ketones is 2. The van der Waals surface area contributed by atoms with E-state index in [0.717, 1.165) is 21.1 Å². The Labute approximate surface area is 366 Å². The zero-order chi connectivity index (χ0) is 47.4. The van der Waals surface area contributed by atoms with Crippen LogP contribution in [0.3, 0.4) is 0 Å². The van der Waals surface area contributed by atoms with E-state index in [4.69, 9.17) is 47.4 Å². The summed E-state index contributed by atoms with van der Waals surface area (Å²) in [5, 5.41) is 105. The summed E-state index contributed by atoms with van der Waals surface area (Å²) in [5.74, 6) is -10.2. The van der Waals surface area contributed by atoms with Crippen LogP contribution in [0.2, 0.25) is 0 Å². The highest BCUT2D eigenvalue weighted by Gasteiger charge is 2.82. The van der Waals surface area contributed by atoms with Gasteiger partial charge < -0.3 is 93.3 Å². The third-order valence-corrected chi connectivity index (χ3v) is 13.3. The van der Waals surface area contributed by atoms with Crippen LogP contribution in [-0.2, 0) is 47.5 Å². The minimum Gasteiger partial charge on any atom is -0.506 e. The molecule has 0 amide bonds. The maximum atomic E-state index is 14.0. The lowest BCUT2D eigenvalue weighted by Gasteiger charge is -2.51. The first kappa shape index (κ1) is 48.2. The summed E-state index contributed by atoms with van der Waals surface area (Å²) < 4.78 is 58.9. The number of rotatable bonds is 11. The van der Waals surface area contributed by atoms with Crippen LogP contribution in [0.5, 0.6) is 17.2 Å². The Kier molecular flexibility index (Phi) is 12.5. The number of hydrogen-bond donors (Lipinski definition) is 9. The third-order valence-electron chi connectivity index (χ3n) is 13.3. The fourth-order valence-electron chi connectivity index (χ4n) is 10.1. The van der Waals surface area contributed by atoms with Crippen molar-refractivity contribution in [1.82, 2.24) is 0 Å². The highest BCUT2D eigenvalue weighted by atomic mass is 16.8. The molecule has 356 valence electrons. The van der Waals surface area contributed by atoms with Crippen LogP contribution in [0.1, 0.15) is 93.1 Å². The van der Waals surface area contributed by atoms with Crippen LogP contribution in [-0.4, -0.2) is 175 Å². The number of aliphatic hydroxyl groups excluding tert-OH is 4. The molecule has 4 heterocycles. The first-order valence-corrected chi connectivity index (χ1v) is 20.6. The topological polar surface area (TPSA) is 326 Å². The highest BCUT2D eigenvalue weighted by molar-refractivity contribution is 6.13. The Balaban J connectivity index is 1.42. The molecule has 9 N–H and O–H groups in total. The van der Waals surface area contributed by atoms with E-state index in [-0.39, 0.29) is 46.1 Å². The van der Waals surface area contributed by atoms with Gasteiger partial charge in [-0.25, -0.2) is 0 Å².